The third-order valence-corrected chi connectivity index (χ3v) is 8.59. The van der Waals surface area contributed by atoms with E-state index in [4.69, 9.17) is 0 Å². The second-order valence-corrected chi connectivity index (χ2v) is 12.2. The van der Waals surface area contributed by atoms with Crippen LogP contribution in [0.15, 0.2) is 73.1 Å². The lowest BCUT2D eigenvalue weighted by molar-refractivity contribution is -0.696. The van der Waals surface area contributed by atoms with Crippen LogP contribution in [0.3, 0.4) is 0 Å². The van der Waals surface area contributed by atoms with Crippen LogP contribution in [-0.2, 0) is 16.7 Å². The fourth-order valence-corrected chi connectivity index (χ4v) is 6.22. The number of rotatable bonds is 12. The number of nitrogens with zero attached hydrogens (tertiary/aromatic N) is 2. The van der Waals surface area contributed by atoms with Gasteiger partial charge in [0.05, 0.1) is 10.1 Å². The monoisotopic (exact) mass is 542 g/mol. The SMILES string of the molecule is CCCCN(CCCC)c1ccc2c(ccc3c2ccc2c4cc[n+](CCCCS(=O)(=O)[O-])cc4ccc23)c1. The van der Waals surface area contributed by atoms with E-state index in [-0.39, 0.29) is 5.75 Å². The van der Waals surface area contributed by atoms with Crippen LogP contribution in [0.25, 0.3) is 43.1 Å². The van der Waals surface area contributed by atoms with Crippen molar-refractivity contribution in [3.8, 4) is 0 Å². The van der Waals surface area contributed by atoms with E-state index in [1.54, 1.807) is 0 Å². The zero-order valence-electron chi connectivity index (χ0n) is 23.0. The summed E-state index contributed by atoms with van der Waals surface area (Å²) in [6.07, 6.45) is 10.0. The lowest BCUT2D eigenvalue weighted by atomic mass is 9.94. The number of anilines is 1. The molecule has 0 spiro atoms. The third-order valence-electron chi connectivity index (χ3n) is 7.80. The molecular formula is C33H38N2O3S. The minimum absolute atomic E-state index is 0.301. The molecule has 0 amide bonds. The molecule has 0 aliphatic heterocycles. The maximum atomic E-state index is 10.9. The molecule has 0 saturated heterocycles. The van der Waals surface area contributed by atoms with E-state index in [9.17, 15) is 13.0 Å². The predicted octanol–water partition coefficient (Wildman–Crippen LogP) is 7.32. The van der Waals surface area contributed by atoms with E-state index in [2.05, 4.69) is 90.2 Å². The van der Waals surface area contributed by atoms with Crippen molar-refractivity contribution in [3.63, 3.8) is 0 Å². The van der Waals surface area contributed by atoms with E-state index in [1.807, 2.05) is 6.20 Å². The molecule has 39 heavy (non-hydrogen) atoms. The van der Waals surface area contributed by atoms with Gasteiger partial charge in [0.1, 0.15) is 6.54 Å². The summed E-state index contributed by atoms with van der Waals surface area (Å²) in [5.74, 6) is -0.301. The Morgan fingerprint density at radius 1 is 0.692 bits per heavy atom. The van der Waals surface area contributed by atoms with E-state index in [0.717, 1.165) is 18.5 Å². The number of hydrogen-bond acceptors (Lipinski definition) is 4. The second kappa shape index (κ2) is 11.9. The summed E-state index contributed by atoms with van der Waals surface area (Å²) < 4.78 is 34.6. The summed E-state index contributed by atoms with van der Waals surface area (Å²) in [4.78, 5) is 2.54. The normalized spacial score (nSPS) is 12.2. The molecule has 1 heterocycles. The molecule has 5 aromatic rings. The molecule has 5 rings (SSSR count). The van der Waals surface area contributed by atoms with E-state index >= 15 is 0 Å². The first kappa shape index (κ1) is 27.4. The Labute approximate surface area is 231 Å². The zero-order chi connectivity index (χ0) is 27.4. The first-order chi connectivity index (χ1) is 18.9. The van der Waals surface area contributed by atoms with Crippen molar-refractivity contribution in [3.05, 3.63) is 73.1 Å². The van der Waals surface area contributed by atoms with Gasteiger partial charge in [-0.3, -0.25) is 0 Å². The molecule has 4 aromatic carbocycles. The molecule has 6 heteroatoms. The Hall–Kier alpha value is -3.22. The lowest BCUT2D eigenvalue weighted by Gasteiger charge is -2.25. The van der Waals surface area contributed by atoms with Crippen molar-refractivity contribution >= 4 is 58.9 Å². The minimum Gasteiger partial charge on any atom is -0.748 e. The molecule has 0 saturated carbocycles. The fourth-order valence-electron chi connectivity index (χ4n) is 5.66. The van der Waals surface area contributed by atoms with Crippen LogP contribution < -0.4 is 9.47 Å². The van der Waals surface area contributed by atoms with Gasteiger partial charge < -0.3 is 9.45 Å². The molecule has 0 N–H and O–H groups in total. The second-order valence-electron chi connectivity index (χ2n) is 10.6. The molecule has 0 fully saturated rings. The van der Waals surface area contributed by atoms with Gasteiger partial charge in [0.2, 0.25) is 0 Å². The Kier molecular flexibility index (Phi) is 8.34. The standard InChI is InChI=1S/C33H38N2O3S/c1-3-5-19-35(20-6-4-2)27-11-14-28-25(23-27)9-12-32-30(28)15-16-31-29-17-21-34(18-7-8-22-39(36,37)38)24-26(29)10-13-33(31)32/h9-17,21,23-24H,3-8,18-20,22H2,1-2H3. The van der Waals surface area contributed by atoms with Gasteiger partial charge in [-0.1, -0.05) is 63.1 Å². The Balaban J connectivity index is 1.47. The van der Waals surface area contributed by atoms with Gasteiger partial charge >= 0.3 is 0 Å². The predicted molar refractivity (Wildman–Crippen MR) is 162 cm³/mol. The smallest absolute Gasteiger partial charge is 0.176 e. The van der Waals surface area contributed by atoms with Crippen molar-refractivity contribution in [1.29, 1.82) is 0 Å². The highest BCUT2D eigenvalue weighted by Gasteiger charge is 2.12. The summed E-state index contributed by atoms with van der Waals surface area (Å²) in [6.45, 7) is 7.41. The lowest BCUT2D eigenvalue weighted by Crippen LogP contribution is -2.32. The molecule has 0 unspecified atom stereocenters. The Morgan fingerprint density at radius 3 is 1.90 bits per heavy atom. The number of benzene rings is 4. The fraction of sp³-hybridized carbons (Fsp3) is 0.364. The number of pyridine rings is 1. The number of hydrogen-bond donors (Lipinski definition) is 0. The maximum absolute atomic E-state index is 10.9. The molecule has 0 radical (unpaired) electrons. The van der Waals surface area contributed by atoms with Crippen molar-refractivity contribution in [1.82, 2.24) is 0 Å². The van der Waals surface area contributed by atoms with E-state index in [1.165, 1.54) is 69.1 Å². The Morgan fingerprint density at radius 2 is 1.26 bits per heavy atom. The van der Waals surface area contributed by atoms with Crippen LogP contribution in [0.5, 0.6) is 0 Å². The largest absolute Gasteiger partial charge is 0.748 e. The van der Waals surface area contributed by atoms with Crippen molar-refractivity contribution in [2.75, 3.05) is 23.7 Å². The molecule has 5 nitrogen and oxygen atoms in total. The highest BCUT2D eigenvalue weighted by Crippen LogP contribution is 2.35. The van der Waals surface area contributed by atoms with Gasteiger partial charge in [-0.2, -0.15) is 0 Å². The first-order valence-corrected chi connectivity index (χ1v) is 15.8. The molecule has 0 aliphatic carbocycles. The average molecular weight is 543 g/mol. The van der Waals surface area contributed by atoms with Gasteiger partial charge in [0.25, 0.3) is 0 Å². The van der Waals surface area contributed by atoms with Gasteiger partial charge in [0, 0.05) is 47.8 Å². The first-order valence-electron chi connectivity index (χ1n) is 14.3. The number of fused-ring (bicyclic) bond motifs is 7. The van der Waals surface area contributed by atoms with E-state index < -0.39 is 10.1 Å². The van der Waals surface area contributed by atoms with Crippen LogP contribution in [-0.4, -0.2) is 31.8 Å². The summed E-state index contributed by atoms with van der Waals surface area (Å²) in [7, 11) is -4.14. The maximum Gasteiger partial charge on any atom is 0.176 e. The van der Waals surface area contributed by atoms with Gasteiger partial charge in [-0.05, 0) is 69.8 Å². The van der Waals surface area contributed by atoms with Crippen LogP contribution in [0.1, 0.15) is 52.4 Å². The number of unbranched alkanes of at least 4 members (excludes halogenated alkanes) is 3. The molecule has 0 aliphatic rings. The van der Waals surface area contributed by atoms with Gasteiger partial charge in [-0.25, -0.2) is 13.0 Å². The topological polar surface area (TPSA) is 64.3 Å². The quantitative estimate of drug-likeness (QED) is 0.0717. The molecule has 204 valence electrons. The molecule has 0 atom stereocenters. The summed E-state index contributed by atoms with van der Waals surface area (Å²) in [5.41, 5.74) is 1.32. The Bertz CT molecular complexity index is 1720. The van der Waals surface area contributed by atoms with E-state index in [0.29, 0.717) is 19.4 Å². The van der Waals surface area contributed by atoms with Crippen LogP contribution in [0.4, 0.5) is 5.69 Å². The molecular weight excluding hydrogens is 504 g/mol. The van der Waals surface area contributed by atoms with Crippen molar-refractivity contribution < 1.29 is 17.5 Å². The third kappa shape index (κ3) is 6.18. The summed E-state index contributed by atoms with van der Waals surface area (Å²) in [5, 5.41) is 9.93. The van der Waals surface area contributed by atoms with Crippen LogP contribution in [0, 0.1) is 0 Å². The average Bonchev–Trinajstić information content (AvgIpc) is 2.94. The highest BCUT2D eigenvalue weighted by atomic mass is 32.2. The zero-order valence-corrected chi connectivity index (χ0v) is 23.8. The highest BCUT2D eigenvalue weighted by molar-refractivity contribution is 7.85. The van der Waals surface area contributed by atoms with Gasteiger partial charge in [-0.15, -0.1) is 0 Å². The van der Waals surface area contributed by atoms with Crippen molar-refractivity contribution in [2.24, 2.45) is 0 Å². The number of aromatic nitrogens is 1. The van der Waals surface area contributed by atoms with Crippen LogP contribution >= 0.6 is 0 Å². The summed E-state index contributed by atoms with van der Waals surface area (Å²) >= 11 is 0. The van der Waals surface area contributed by atoms with Gasteiger partial charge in [0.15, 0.2) is 12.4 Å². The van der Waals surface area contributed by atoms with Crippen molar-refractivity contribution in [2.45, 2.75) is 58.9 Å². The molecule has 1 aromatic heterocycles. The number of aryl methyl sites for hydroxylation is 1. The molecule has 0 bridgehead atoms. The summed E-state index contributed by atoms with van der Waals surface area (Å²) in [6, 6.07) is 22.5. The minimum atomic E-state index is -4.14. The van der Waals surface area contributed by atoms with Crippen LogP contribution in [0.2, 0.25) is 0 Å².